The molecule has 0 N–H and O–H groups in total. The van der Waals surface area contributed by atoms with Crippen LogP contribution in [0.1, 0.15) is 39.7 Å². The normalized spacial score (nSPS) is 13.0. The lowest BCUT2D eigenvalue weighted by Gasteiger charge is -2.21. The standard InChI is InChI=1S/C18H23NO6/c1-5-24-17(21)15(19(22)23)12-14(16(20)25-18(2,3)4)11-13-9-7-6-8-10-13/h6-11,15H,5,12H2,1-4H3/b14-11+. The van der Waals surface area contributed by atoms with Crippen LogP contribution in [0.15, 0.2) is 35.9 Å². The first-order valence-electron chi connectivity index (χ1n) is 7.93. The second kappa shape index (κ2) is 8.96. The van der Waals surface area contributed by atoms with Crippen LogP contribution in [0.4, 0.5) is 0 Å². The first kappa shape index (κ1) is 20.3. The minimum atomic E-state index is -1.66. The summed E-state index contributed by atoms with van der Waals surface area (Å²) in [5.74, 6) is -1.68. The van der Waals surface area contributed by atoms with Gasteiger partial charge in [-0.15, -0.1) is 0 Å². The smallest absolute Gasteiger partial charge is 0.382 e. The van der Waals surface area contributed by atoms with E-state index in [1.54, 1.807) is 52.0 Å². The summed E-state index contributed by atoms with van der Waals surface area (Å²) in [6, 6.07) is 7.18. The van der Waals surface area contributed by atoms with E-state index in [4.69, 9.17) is 9.47 Å². The molecule has 0 bridgehead atoms. The van der Waals surface area contributed by atoms with E-state index < -0.39 is 34.9 Å². The van der Waals surface area contributed by atoms with Gasteiger partial charge in [0.15, 0.2) is 0 Å². The first-order chi connectivity index (χ1) is 11.6. The van der Waals surface area contributed by atoms with E-state index in [0.29, 0.717) is 5.56 Å². The van der Waals surface area contributed by atoms with Gasteiger partial charge in [0, 0.05) is 10.5 Å². The summed E-state index contributed by atoms with van der Waals surface area (Å²) >= 11 is 0. The molecule has 0 spiro atoms. The van der Waals surface area contributed by atoms with Crippen LogP contribution in [0.2, 0.25) is 0 Å². The molecule has 0 saturated heterocycles. The van der Waals surface area contributed by atoms with E-state index in [9.17, 15) is 19.7 Å². The van der Waals surface area contributed by atoms with Crippen LogP contribution < -0.4 is 0 Å². The van der Waals surface area contributed by atoms with Crippen LogP contribution in [-0.2, 0) is 19.1 Å². The summed E-state index contributed by atoms with van der Waals surface area (Å²) in [6.07, 6.45) is 1.08. The van der Waals surface area contributed by atoms with Crippen molar-refractivity contribution in [2.24, 2.45) is 0 Å². The Hall–Kier alpha value is -2.70. The topological polar surface area (TPSA) is 95.7 Å². The molecule has 25 heavy (non-hydrogen) atoms. The van der Waals surface area contributed by atoms with Gasteiger partial charge < -0.3 is 9.47 Å². The molecule has 136 valence electrons. The third-order valence-electron chi connectivity index (χ3n) is 3.03. The molecule has 1 aromatic rings. The van der Waals surface area contributed by atoms with Crippen molar-refractivity contribution in [3.8, 4) is 0 Å². The molecule has 7 heteroatoms. The molecular formula is C18H23NO6. The van der Waals surface area contributed by atoms with Gasteiger partial charge in [-0.1, -0.05) is 30.3 Å². The van der Waals surface area contributed by atoms with Crippen molar-refractivity contribution in [2.45, 2.75) is 45.8 Å². The Kier molecular flexibility index (Phi) is 7.29. The molecule has 1 atom stereocenters. The van der Waals surface area contributed by atoms with Gasteiger partial charge in [-0.25, -0.2) is 9.59 Å². The Bertz CT molecular complexity index is 645. The average Bonchev–Trinajstić information content (AvgIpc) is 2.50. The van der Waals surface area contributed by atoms with Crippen molar-refractivity contribution in [3.63, 3.8) is 0 Å². The molecule has 0 amide bonds. The maximum atomic E-state index is 12.4. The fraction of sp³-hybridized carbons (Fsp3) is 0.444. The Morgan fingerprint density at radius 1 is 1.24 bits per heavy atom. The number of nitro groups is 1. The molecule has 1 aromatic carbocycles. The van der Waals surface area contributed by atoms with Gasteiger partial charge in [-0.2, -0.15) is 0 Å². The zero-order valence-electron chi connectivity index (χ0n) is 14.9. The Labute approximate surface area is 146 Å². The summed E-state index contributed by atoms with van der Waals surface area (Å²) in [5, 5.41) is 11.2. The summed E-state index contributed by atoms with van der Waals surface area (Å²) in [5.41, 5.74) is -0.0499. The predicted octanol–water partition coefficient (Wildman–Crippen LogP) is 3.01. The first-order valence-corrected chi connectivity index (χ1v) is 7.93. The molecule has 7 nitrogen and oxygen atoms in total. The maximum Gasteiger partial charge on any atom is 0.382 e. The highest BCUT2D eigenvalue weighted by molar-refractivity contribution is 5.95. The molecule has 1 unspecified atom stereocenters. The minimum Gasteiger partial charge on any atom is -0.461 e. The average molecular weight is 349 g/mol. The van der Waals surface area contributed by atoms with Crippen molar-refractivity contribution in [3.05, 3.63) is 51.6 Å². The van der Waals surface area contributed by atoms with Crippen LogP contribution in [0.5, 0.6) is 0 Å². The molecule has 0 saturated carbocycles. The molecule has 1 rings (SSSR count). The number of esters is 2. The molecule has 0 heterocycles. The molecular weight excluding hydrogens is 326 g/mol. The number of carbonyl (C=O) groups is 2. The second-order valence-corrected chi connectivity index (χ2v) is 6.34. The van der Waals surface area contributed by atoms with Crippen LogP contribution in [0.3, 0.4) is 0 Å². The van der Waals surface area contributed by atoms with Gasteiger partial charge in [0.2, 0.25) is 0 Å². The molecule has 0 fully saturated rings. The van der Waals surface area contributed by atoms with E-state index in [0.717, 1.165) is 0 Å². The van der Waals surface area contributed by atoms with E-state index in [-0.39, 0.29) is 12.2 Å². The molecule has 0 radical (unpaired) electrons. The van der Waals surface area contributed by atoms with Gasteiger partial charge in [-0.05, 0) is 39.3 Å². The third kappa shape index (κ3) is 7.15. The van der Waals surface area contributed by atoms with Crippen LogP contribution in [0.25, 0.3) is 6.08 Å². The molecule has 0 aromatic heterocycles. The Morgan fingerprint density at radius 2 is 1.84 bits per heavy atom. The monoisotopic (exact) mass is 349 g/mol. The quantitative estimate of drug-likeness (QED) is 0.325. The van der Waals surface area contributed by atoms with Gasteiger partial charge in [-0.3, -0.25) is 10.1 Å². The summed E-state index contributed by atoms with van der Waals surface area (Å²) in [6.45, 7) is 6.67. The van der Waals surface area contributed by atoms with Crippen molar-refractivity contribution in [1.82, 2.24) is 0 Å². The number of benzene rings is 1. The summed E-state index contributed by atoms with van der Waals surface area (Å²) < 4.78 is 10.0. The largest absolute Gasteiger partial charge is 0.461 e. The van der Waals surface area contributed by atoms with Crippen molar-refractivity contribution >= 4 is 18.0 Å². The minimum absolute atomic E-state index is 0.0212. The predicted molar refractivity (Wildman–Crippen MR) is 92.3 cm³/mol. The number of carbonyl (C=O) groups excluding carboxylic acids is 2. The van der Waals surface area contributed by atoms with E-state index in [2.05, 4.69) is 0 Å². The lowest BCUT2D eigenvalue weighted by molar-refractivity contribution is -0.509. The number of hydrogen-bond acceptors (Lipinski definition) is 6. The maximum absolute atomic E-state index is 12.4. The highest BCUT2D eigenvalue weighted by atomic mass is 16.6. The summed E-state index contributed by atoms with van der Waals surface area (Å²) in [7, 11) is 0. The van der Waals surface area contributed by atoms with E-state index >= 15 is 0 Å². The highest BCUT2D eigenvalue weighted by Gasteiger charge is 2.35. The fourth-order valence-electron chi connectivity index (χ4n) is 1.99. The number of ether oxygens (including phenoxy) is 2. The SMILES string of the molecule is CCOC(=O)C(C/C(=C\c1ccccc1)C(=O)OC(C)(C)C)[N+](=O)[O-]. The van der Waals surface area contributed by atoms with Gasteiger partial charge in [0.1, 0.15) is 5.60 Å². The summed E-state index contributed by atoms with van der Waals surface area (Å²) in [4.78, 5) is 34.8. The lowest BCUT2D eigenvalue weighted by Crippen LogP contribution is -2.34. The van der Waals surface area contributed by atoms with Gasteiger partial charge >= 0.3 is 18.0 Å². The lowest BCUT2D eigenvalue weighted by atomic mass is 10.0. The Balaban J connectivity index is 3.17. The molecule has 0 aliphatic carbocycles. The van der Waals surface area contributed by atoms with Gasteiger partial charge in [0.25, 0.3) is 0 Å². The highest BCUT2D eigenvalue weighted by Crippen LogP contribution is 2.19. The van der Waals surface area contributed by atoms with Crippen molar-refractivity contribution < 1.29 is 24.0 Å². The number of rotatable bonds is 7. The van der Waals surface area contributed by atoms with Crippen LogP contribution in [0, 0.1) is 10.1 Å². The van der Waals surface area contributed by atoms with Crippen LogP contribution >= 0.6 is 0 Å². The fourth-order valence-corrected chi connectivity index (χ4v) is 1.99. The van der Waals surface area contributed by atoms with Crippen LogP contribution in [-0.4, -0.2) is 35.1 Å². The Morgan fingerprint density at radius 3 is 2.32 bits per heavy atom. The molecule has 0 aliphatic rings. The zero-order valence-corrected chi connectivity index (χ0v) is 14.9. The third-order valence-corrected chi connectivity index (χ3v) is 3.03. The molecule has 0 aliphatic heterocycles. The number of hydrogen-bond donors (Lipinski definition) is 0. The van der Waals surface area contributed by atoms with Crippen molar-refractivity contribution in [1.29, 1.82) is 0 Å². The van der Waals surface area contributed by atoms with E-state index in [1.807, 2.05) is 6.07 Å². The van der Waals surface area contributed by atoms with E-state index in [1.165, 1.54) is 6.08 Å². The second-order valence-electron chi connectivity index (χ2n) is 6.34. The van der Waals surface area contributed by atoms with Crippen molar-refractivity contribution in [2.75, 3.05) is 6.61 Å². The zero-order chi connectivity index (χ0) is 19.0. The number of nitrogens with zero attached hydrogens (tertiary/aromatic N) is 1. The van der Waals surface area contributed by atoms with Gasteiger partial charge in [0.05, 0.1) is 13.0 Å².